The zero-order valence-corrected chi connectivity index (χ0v) is 13.1. The summed E-state index contributed by atoms with van der Waals surface area (Å²) in [6.07, 6.45) is 1.01. The Morgan fingerprint density at radius 1 is 1.26 bits per heavy atom. The molecule has 0 aliphatic rings. The summed E-state index contributed by atoms with van der Waals surface area (Å²) >= 11 is 14.1. The van der Waals surface area contributed by atoms with Crippen LogP contribution in [0.25, 0.3) is 0 Å². The van der Waals surface area contributed by atoms with Gasteiger partial charge in [0.2, 0.25) is 0 Å². The quantitative estimate of drug-likeness (QED) is 0.889. The number of benzene rings is 1. The molecule has 0 fully saturated rings. The van der Waals surface area contributed by atoms with Gasteiger partial charge in [0.15, 0.2) is 0 Å². The molecule has 1 heterocycles. The van der Waals surface area contributed by atoms with E-state index in [-0.39, 0.29) is 6.04 Å². The second-order valence-electron chi connectivity index (χ2n) is 4.14. The van der Waals surface area contributed by atoms with Gasteiger partial charge in [0.1, 0.15) is 5.75 Å². The lowest BCUT2D eigenvalue weighted by molar-refractivity contribution is 0.415. The molecule has 0 spiro atoms. The zero-order valence-electron chi connectivity index (χ0n) is 10.7. The Bertz CT molecular complexity index is 583. The Morgan fingerprint density at radius 3 is 2.58 bits per heavy atom. The lowest BCUT2D eigenvalue weighted by Crippen LogP contribution is -2.11. The molecular formula is C14H15Cl2NOS. The van der Waals surface area contributed by atoms with Gasteiger partial charge in [-0.1, -0.05) is 30.1 Å². The Morgan fingerprint density at radius 2 is 2.00 bits per heavy atom. The minimum Gasteiger partial charge on any atom is -0.495 e. The molecule has 2 N–H and O–H groups in total. The summed E-state index contributed by atoms with van der Waals surface area (Å²) in [7, 11) is 1.56. The minimum absolute atomic E-state index is 0.263. The van der Waals surface area contributed by atoms with Crippen LogP contribution in [-0.2, 0) is 6.42 Å². The smallest absolute Gasteiger partial charge is 0.138 e. The third kappa shape index (κ3) is 3.06. The van der Waals surface area contributed by atoms with Crippen molar-refractivity contribution in [3.05, 3.63) is 49.6 Å². The fraction of sp³-hybridized carbons (Fsp3) is 0.286. The van der Waals surface area contributed by atoms with Gasteiger partial charge >= 0.3 is 0 Å². The number of halogens is 2. The van der Waals surface area contributed by atoms with Gasteiger partial charge in [-0.05, 0) is 30.2 Å². The van der Waals surface area contributed by atoms with Gasteiger partial charge in [0, 0.05) is 20.8 Å². The van der Waals surface area contributed by atoms with Crippen LogP contribution in [0.2, 0.25) is 10.0 Å². The van der Waals surface area contributed by atoms with E-state index in [0.29, 0.717) is 15.8 Å². The van der Waals surface area contributed by atoms with E-state index in [1.54, 1.807) is 30.6 Å². The average molecular weight is 316 g/mol. The van der Waals surface area contributed by atoms with Crippen LogP contribution in [0.1, 0.15) is 28.3 Å². The number of thiophene rings is 1. The first-order chi connectivity index (χ1) is 9.06. The fourth-order valence-corrected chi connectivity index (χ4v) is 3.34. The lowest BCUT2D eigenvalue weighted by atomic mass is 10.1. The molecule has 1 atom stereocenters. The summed E-state index contributed by atoms with van der Waals surface area (Å²) in [6, 6.07) is 7.36. The van der Waals surface area contributed by atoms with Gasteiger partial charge in [0.05, 0.1) is 18.2 Å². The summed E-state index contributed by atoms with van der Waals surface area (Å²) in [5.74, 6) is 0.558. The normalized spacial score (nSPS) is 12.5. The summed E-state index contributed by atoms with van der Waals surface area (Å²) in [6.45, 7) is 2.12. The maximum absolute atomic E-state index is 6.27. The Hall–Kier alpha value is -0.740. The van der Waals surface area contributed by atoms with Crippen LogP contribution in [0.4, 0.5) is 0 Å². The molecule has 1 aromatic carbocycles. The molecule has 102 valence electrons. The van der Waals surface area contributed by atoms with Crippen LogP contribution in [0.5, 0.6) is 5.75 Å². The molecule has 0 aliphatic heterocycles. The van der Waals surface area contributed by atoms with Gasteiger partial charge in [-0.2, -0.15) is 0 Å². The maximum atomic E-state index is 6.27. The molecule has 2 aromatic rings. The number of ether oxygens (including phenoxy) is 1. The number of nitrogens with two attached hydrogens (primary N) is 1. The largest absolute Gasteiger partial charge is 0.495 e. The number of rotatable bonds is 4. The maximum Gasteiger partial charge on any atom is 0.138 e. The van der Waals surface area contributed by atoms with Crippen molar-refractivity contribution in [1.29, 1.82) is 0 Å². The van der Waals surface area contributed by atoms with E-state index in [0.717, 1.165) is 16.9 Å². The van der Waals surface area contributed by atoms with Crippen LogP contribution < -0.4 is 10.5 Å². The molecule has 0 amide bonds. The minimum atomic E-state index is -0.263. The first-order valence-corrected chi connectivity index (χ1v) is 7.51. The molecule has 0 bridgehead atoms. The molecule has 2 nitrogen and oxygen atoms in total. The van der Waals surface area contributed by atoms with Crippen molar-refractivity contribution in [3.63, 3.8) is 0 Å². The van der Waals surface area contributed by atoms with Crippen LogP contribution in [-0.4, -0.2) is 7.11 Å². The molecular weight excluding hydrogens is 301 g/mol. The van der Waals surface area contributed by atoms with Gasteiger partial charge in [-0.25, -0.2) is 0 Å². The van der Waals surface area contributed by atoms with E-state index in [9.17, 15) is 0 Å². The first-order valence-electron chi connectivity index (χ1n) is 5.94. The highest BCUT2D eigenvalue weighted by atomic mass is 35.5. The van der Waals surface area contributed by atoms with E-state index < -0.39 is 0 Å². The topological polar surface area (TPSA) is 35.2 Å². The summed E-state index contributed by atoms with van der Waals surface area (Å²) in [4.78, 5) is 2.39. The number of methoxy groups -OCH3 is 1. The Labute approximate surface area is 127 Å². The second kappa shape index (κ2) is 6.14. The van der Waals surface area contributed by atoms with E-state index >= 15 is 0 Å². The van der Waals surface area contributed by atoms with Crippen molar-refractivity contribution >= 4 is 34.5 Å². The van der Waals surface area contributed by atoms with Crippen molar-refractivity contribution < 1.29 is 4.74 Å². The second-order valence-corrected chi connectivity index (χ2v) is 6.16. The number of hydrogen-bond donors (Lipinski definition) is 1. The van der Waals surface area contributed by atoms with Crippen molar-refractivity contribution in [2.75, 3.05) is 7.11 Å². The molecule has 0 saturated heterocycles. The third-order valence-electron chi connectivity index (χ3n) is 2.94. The van der Waals surface area contributed by atoms with Crippen LogP contribution in [0, 0.1) is 0 Å². The Balaban J connectivity index is 2.38. The average Bonchev–Trinajstić information content (AvgIpc) is 2.89. The number of aryl methyl sites for hydroxylation is 1. The van der Waals surface area contributed by atoms with Crippen molar-refractivity contribution in [2.45, 2.75) is 19.4 Å². The van der Waals surface area contributed by atoms with E-state index in [4.69, 9.17) is 33.7 Å². The Kier molecular flexibility index (Phi) is 4.74. The molecule has 5 heteroatoms. The third-order valence-corrected chi connectivity index (χ3v) is 4.88. The van der Waals surface area contributed by atoms with E-state index in [2.05, 4.69) is 13.0 Å². The lowest BCUT2D eigenvalue weighted by Gasteiger charge is -2.14. The number of hydrogen-bond acceptors (Lipinski definition) is 3. The molecule has 0 aliphatic carbocycles. The molecule has 19 heavy (non-hydrogen) atoms. The van der Waals surface area contributed by atoms with Gasteiger partial charge in [-0.3, -0.25) is 0 Å². The summed E-state index contributed by atoms with van der Waals surface area (Å²) < 4.78 is 5.13. The van der Waals surface area contributed by atoms with Gasteiger partial charge < -0.3 is 10.5 Å². The molecule has 1 aromatic heterocycles. The molecule has 0 radical (unpaired) electrons. The fourth-order valence-electron chi connectivity index (χ4n) is 1.84. The summed E-state index contributed by atoms with van der Waals surface area (Å²) in [5.41, 5.74) is 7.09. The molecule has 2 rings (SSSR count). The van der Waals surface area contributed by atoms with Crippen LogP contribution >= 0.6 is 34.5 Å². The van der Waals surface area contributed by atoms with Crippen molar-refractivity contribution in [2.24, 2.45) is 5.73 Å². The van der Waals surface area contributed by atoms with Gasteiger partial charge in [0.25, 0.3) is 0 Å². The first kappa shape index (κ1) is 14.7. The molecule has 1 unspecified atom stereocenters. The predicted molar refractivity (Wildman–Crippen MR) is 82.7 cm³/mol. The van der Waals surface area contributed by atoms with Crippen LogP contribution in [0.15, 0.2) is 24.3 Å². The zero-order chi connectivity index (χ0) is 14.0. The summed E-state index contributed by atoms with van der Waals surface area (Å²) in [5, 5.41) is 1.09. The van der Waals surface area contributed by atoms with Crippen molar-refractivity contribution in [1.82, 2.24) is 0 Å². The van der Waals surface area contributed by atoms with E-state index in [1.165, 1.54) is 4.88 Å². The van der Waals surface area contributed by atoms with Gasteiger partial charge in [-0.15, -0.1) is 11.3 Å². The van der Waals surface area contributed by atoms with Crippen molar-refractivity contribution in [3.8, 4) is 5.75 Å². The SMILES string of the molecule is CCc1ccc(C(N)c2cc(Cl)c(OC)cc2Cl)s1. The highest BCUT2D eigenvalue weighted by molar-refractivity contribution is 7.12. The predicted octanol–water partition coefficient (Wildman–Crippen LogP) is 4.67. The van der Waals surface area contributed by atoms with Crippen LogP contribution in [0.3, 0.4) is 0 Å². The standard InChI is InChI=1S/C14H15Cl2NOS/c1-3-8-4-5-13(19-8)14(17)9-6-11(16)12(18-2)7-10(9)15/h4-7,14H,3,17H2,1-2H3. The molecule has 0 saturated carbocycles. The monoisotopic (exact) mass is 315 g/mol. The van der Waals surface area contributed by atoms with E-state index in [1.807, 2.05) is 6.07 Å². The highest BCUT2D eigenvalue weighted by Gasteiger charge is 2.17. The highest BCUT2D eigenvalue weighted by Crippen LogP contribution is 2.36.